The van der Waals surface area contributed by atoms with Crippen molar-refractivity contribution in [1.82, 2.24) is 4.31 Å². The van der Waals surface area contributed by atoms with Gasteiger partial charge in [0.25, 0.3) is 5.91 Å². The van der Waals surface area contributed by atoms with E-state index >= 15 is 0 Å². The van der Waals surface area contributed by atoms with Gasteiger partial charge in [-0.2, -0.15) is 4.31 Å². The van der Waals surface area contributed by atoms with Crippen molar-refractivity contribution in [3.05, 3.63) is 54.1 Å². The van der Waals surface area contributed by atoms with E-state index in [1.165, 1.54) is 23.4 Å². The SMILES string of the molecule is Cc1ccccc1OCCC(=O)OC(C)C(=O)Nc1cccc(S(=O)(=O)N2CCOCC2)c1. The quantitative estimate of drug-likeness (QED) is 0.553. The van der Waals surface area contributed by atoms with E-state index in [4.69, 9.17) is 14.2 Å². The number of esters is 1. The first-order chi connectivity index (χ1) is 15.8. The van der Waals surface area contributed by atoms with E-state index in [0.717, 1.165) is 5.56 Å². The summed E-state index contributed by atoms with van der Waals surface area (Å²) in [6.07, 6.45) is -1.07. The van der Waals surface area contributed by atoms with E-state index < -0.39 is 28.0 Å². The number of anilines is 1. The van der Waals surface area contributed by atoms with Crippen molar-refractivity contribution < 1.29 is 32.2 Å². The van der Waals surface area contributed by atoms with E-state index in [0.29, 0.717) is 24.7 Å². The molecule has 0 aromatic heterocycles. The van der Waals surface area contributed by atoms with Crippen molar-refractivity contribution >= 4 is 27.6 Å². The molecule has 1 aliphatic rings. The molecule has 0 saturated carbocycles. The maximum atomic E-state index is 12.8. The van der Waals surface area contributed by atoms with Crippen LogP contribution >= 0.6 is 0 Å². The summed E-state index contributed by atoms with van der Waals surface area (Å²) >= 11 is 0. The molecule has 2 aromatic carbocycles. The fraction of sp³-hybridized carbons (Fsp3) is 0.391. The van der Waals surface area contributed by atoms with E-state index in [2.05, 4.69) is 5.32 Å². The molecule has 2 aromatic rings. The first-order valence-electron chi connectivity index (χ1n) is 10.6. The molecule has 1 amide bonds. The average molecular weight is 477 g/mol. The number of carbonyl (C=O) groups excluding carboxylic acids is 2. The molecular formula is C23H28N2O7S. The Labute approximate surface area is 193 Å². The van der Waals surface area contributed by atoms with Crippen molar-refractivity contribution in [2.75, 3.05) is 38.2 Å². The monoisotopic (exact) mass is 476 g/mol. The average Bonchev–Trinajstić information content (AvgIpc) is 2.81. The number of morpholine rings is 1. The third-order valence-electron chi connectivity index (χ3n) is 5.04. The molecule has 10 heteroatoms. The summed E-state index contributed by atoms with van der Waals surface area (Å²) in [6, 6.07) is 13.4. The molecular weight excluding hydrogens is 448 g/mol. The van der Waals surface area contributed by atoms with E-state index in [1.54, 1.807) is 12.1 Å². The third-order valence-corrected chi connectivity index (χ3v) is 6.94. The molecule has 0 radical (unpaired) electrons. The smallest absolute Gasteiger partial charge is 0.310 e. The summed E-state index contributed by atoms with van der Waals surface area (Å²) in [5.74, 6) is -0.457. The van der Waals surface area contributed by atoms with Gasteiger partial charge in [0, 0.05) is 18.8 Å². The summed E-state index contributed by atoms with van der Waals surface area (Å²) in [4.78, 5) is 24.6. The highest BCUT2D eigenvalue weighted by atomic mass is 32.2. The summed E-state index contributed by atoms with van der Waals surface area (Å²) in [7, 11) is -3.69. The molecule has 178 valence electrons. The molecule has 0 bridgehead atoms. The Hall–Kier alpha value is -2.95. The zero-order valence-electron chi connectivity index (χ0n) is 18.7. The lowest BCUT2D eigenvalue weighted by Crippen LogP contribution is -2.40. The van der Waals surface area contributed by atoms with Gasteiger partial charge in [-0.05, 0) is 43.7 Å². The van der Waals surface area contributed by atoms with Crippen LogP contribution in [0.25, 0.3) is 0 Å². The number of rotatable bonds is 9. The number of sulfonamides is 1. The number of benzene rings is 2. The number of para-hydroxylation sites is 1. The highest BCUT2D eigenvalue weighted by molar-refractivity contribution is 7.89. The first kappa shape index (κ1) is 24.7. The molecule has 3 rings (SSSR count). The van der Waals surface area contributed by atoms with Crippen LogP contribution in [0, 0.1) is 6.92 Å². The fourth-order valence-corrected chi connectivity index (χ4v) is 4.64. The second-order valence-corrected chi connectivity index (χ2v) is 9.47. The summed E-state index contributed by atoms with van der Waals surface area (Å²) in [5, 5.41) is 2.60. The van der Waals surface area contributed by atoms with Crippen molar-refractivity contribution in [2.45, 2.75) is 31.3 Å². The predicted octanol–water partition coefficient (Wildman–Crippen LogP) is 2.36. The molecule has 1 heterocycles. The van der Waals surface area contributed by atoms with Gasteiger partial charge in [-0.3, -0.25) is 9.59 Å². The molecule has 9 nitrogen and oxygen atoms in total. The minimum atomic E-state index is -3.69. The van der Waals surface area contributed by atoms with Crippen molar-refractivity contribution in [2.24, 2.45) is 0 Å². The van der Waals surface area contributed by atoms with Crippen molar-refractivity contribution in [3.8, 4) is 5.75 Å². The van der Waals surface area contributed by atoms with Crippen LogP contribution in [0.5, 0.6) is 5.75 Å². The molecule has 1 saturated heterocycles. The number of ether oxygens (including phenoxy) is 3. The Kier molecular flexibility index (Phi) is 8.43. The Balaban J connectivity index is 1.51. The molecule has 1 fully saturated rings. The van der Waals surface area contributed by atoms with Crippen LogP contribution in [-0.2, 0) is 29.1 Å². The molecule has 1 N–H and O–H groups in total. The van der Waals surface area contributed by atoms with Crippen LogP contribution in [0.1, 0.15) is 18.9 Å². The third kappa shape index (κ3) is 6.77. The van der Waals surface area contributed by atoms with E-state index in [-0.39, 0.29) is 31.0 Å². The minimum Gasteiger partial charge on any atom is -0.493 e. The van der Waals surface area contributed by atoms with Crippen LogP contribution in [-0.4, -0.2) is 63.6 Å². The molecule has 1 atom stereocenters. The number of carbonyl (C=O) groups is 2. The van der Waals surface area contributed by atoms with Gasteiger partial charge in [0.15, 0.2) is 6.10 Å². The summed E-state index contributed by atoms with van der Waals surface area (Å²) in [5.41, 5.74) is 1.25. The van der Waals surface area contributed by atoms with Gasteiger partial charge in [-0.15, -0.1) is 0 Å². The van der Waals surface area contributed by atoms with E-state index in [9.17, 15) is 18.0 Å². The Morgan fingerprint density at radius 2 is 1.85 bits per heavy atom. The van der Waals surface area contributed by atoms with E-state index in [1.807, 2.05) is 31.2 Å². The normalized spacial score (nSPS) is 15.5. The Morgan fingerprint density at radius 1 is 1.12 bits per heavy atom. The van der Waals surface area contributed by atoms with Crippen LogP contribution in [0.2, 0.25) is 0 Å². The summed E-state index contributed by atoms with van der Waals surface area (Å²) in [6.45, 7) is 4.71. The maximum Gasteiger partial charge on any atom is 0.310 e. The maximum absolute atomic E-state index is 12.8. The lowest BCUT2D eigenvalue weighted by atomic mass is 10.2. The number of nitrogens with zero attached hydrogens (tertiary/aromatic N) is 1. The molecule has 0 spiro atoms. The largest absolute Gasteiger partial charge is 0.493 e. The number of hydrogen-bond donors (Lipinski definition) is 1. The van der Waals surface area contributed by atoms with Gasteiger partial charge >= 0.3 is 5.97 Å². The molecule has 33 heavy (non-hydrogen) atoms. The highest BCUT2D eigenvalue weighted by Crippen LogP contribution is 2.21. The predicted molar refractivity (Wildman–Crippen MR) is 121 cm³/mol. The lowest BCUT2D eigenvalue weighted by molar-refractivity contribution is -0.153. The zero-order valence-corrected chi connectivity index (χ0v) is 19.5. The van der Waals surface area contributed by atoms with Crippen LogP contribution in [0.4, 0.5) is 5.69 Å². The molecule has 0 aliphatic carbocycles. The topological polar surface area (TPSA) is 111 Å². The fourth-order valence-electron chi connectivity index (χ4n) is 3.19. The zero-order chi connectivity index (χ0) is 23.8. The van der Waals surface area contributed by atoms with Gasteiger partial charge in [-0.25, -0.2) is 8.42 Å². The van der Waals surface area contributed by atoms with Gasteiger partial charge in [-0.1, -0.05) is 24.3 Å². The number of nitrogens with one attached hydrogen (secondary N) is 1. The number of hydrogen-bond acceptors (Lipinski definition) is 7. The van der Waals surface area contributed by atoms with Gasteiger partial charge in [0.1, 0.15) is 5.75 Å². The number of aryl methyl sites for hydroxylation is 1. The van der Waals surface area contributed by atoms with Gasteiger partial charge < -0.3 is 19.5 Å². The van der Waals surface area contributed by atoms with Crippen molar-refractivity contribution in [1.29, 1.82) is 0 Å². The minimum absolute atomic E-state index is 0.0147. The molecule has 1 aliphatic heterocycles. The summed E-state index contributed by atoms with van der Waals surface area (Å²) < 4.78 is 42.9. The van der Waals surface area contributed by atoms with Crippen LogP contribution in [0.15, 0.2) is 53.4 Å². The second-order valence-electron chi connectivity index (χ2n) is 7.53. The Bertz CT molecular complexity index is 1080. The van der Waals surface area contributed by atoms with Crippen LogP contribution in [0.3, 0.4) is 0 Å². The number of amides is 1. The second kappa shape index (κ2) is 11.3. The first-order valence-corrected chi connectivity index (χ1v) is 12.1. The molecule has 1 unspecified atom stereocenters. The lowest BCUT2D eigenvalue weighted by Gasteiger charge is -2.26. The Morgan fingerprint density at radius 3 is 2.58 bits per heavy atom. The van der Waals surface area contributed by atoms with Crippen LogP contribution < -0.4 is 10.1 Å². The van der Waals surface area contributed by atoms with Crippen molar-refractivity contribution in [3.63, 3.8) is 0 Å². The van der Waals surface area contributed by atoms with Gasteiger partial charge in [0.05, 0.1) is 31.1 Å². The highest BCUT2D eigenvalue weighted by Gasteiger charge is 2.27. The standard InChI is InChI=1S/C23H28N2O7S/c1-17-6-3-4-9-21(17)31-13-10-22(26)32-18(2)23(27)24-19-7-5-8-20(16-19)33(28,29)25-11-14-30-15-12-25/h3-9,16,18H,10-15H2,1-2H3,(H,24,27). The van der Waals surface area contributed by atoms with Gasteiger partial charge in [0.2, 0.25) is 10.0 Å².